The first-order chi connectivity index (χ1) is 9.11. The van der Waals surface area contributed by atoms with Gasteiger partial charge in [-0.25, -0.2) is 9.78 Å². The maximum atomic E-state index is 10.9. The molecule has 1 saturated heterocycles. The highest BCUT2D eigenvalue weighted by molar-refractivity contribution is 5.85. The molecule has 1 aromatic heterocycles. The van der Waals surface area contributed by atoms with Crippen LogP contribution in [0.1, 0.15) is 23.1 Å². The third kappa shape index (κ3) is 3.28. The maximum absolute atomic E-state index is 10.9. The van der Waals surface area contributed by atoms with Gasteiger partial charge in [-0.3, -0.25) is 4.90 Å². The zero-order chi connectivity index (χ0) is 13.8. The molecule has 104 valence electrons. The van der Waals surface area contributed by atoms with E-state index in [4.69, 9.17) is 9.84 Å². The van der Waals surface area contributed by atoms with Gasteiger partial charge in [0, 0.05) is 6.54 Å². The molecule has 2 N–H and O–H groups in total. The Bertz CT molecular complexity index is 452. The lowest BCUT2D eigenvalue weighted by Crippen LogP contribution is -2.42. The van der Waals surface area contributed by atoms with E-state index in [0.717, 1.165) is 6.54 Å². The Morgan fingerprint density at radius 3 is 2.89 bits per heavy atom. The van der Waals surface area contributed by atoms with Crippen molar-refractivity contribution in [1.82, 2.24) is 9.88 Å². The second-order valence-corrected chi connectivity index (χ2v) is 4.55. The Balaban J connectivity index is 2.09. The molecule has 2 heterocycles. The van der Waals surface area contributed by atoms with Crippen LogP contribution in [0, 0.1) is 0 Å². The largest absolute Gasteiger partial charge is 0.477 e. The number of aliphatic hydroxyl groups is 1. The molecule has 0 spiro atoms. The van der Waals surface area contributed by atoms with Crippen molar-refractivity contribution in [1.29, 1.82) is 0 Å². The van der Waals surface area contributed by atoms with Crippen LogP contribution in [0.15, 0.2) is 18.2 Å². The number of carbonyl (C=O) groups is 1. The van der Waals surface area contributed by atoms with E-state index in [1.807, 2.05) is 11.8 Å². The Kier molecular flexibility index (Phi) is 4.47. The van der Waals surface area contributed by atoms with Crippen LogP contribution in [0.4, 0.5) is 0 Å². The number of rotatable bonds is 5. The SMILES string of the molecule is CCN(Cc1cccc(C(=O)O)n1)[C@@H]1COC[C@H]1O. The van der Waals surface area contributed by atoms with Crippen molar-refractivity contribution in [3.05, 3.63) is 29.6 Å². The molecule has 0 radical (unpaired) electrons. The van der Waals surface area contributed by atoms with Crippen molar-refractivity contribution in [3.63, 3.8) is 0 Å². The number of carboxylic acid groups (broad SMARTS) is 1. The first-order valence-electron chi connectivity index (χ1n) is 6.31. The Hall–Kier alpha value is -1.50. The normalized spacial score (nSPS) is 22.9. The standard InChI is InChI=1S/C13H18N2O4/c1-2-15(11-7-19-8-12(11)16)6-9-4-3-5-10(14-9)13(17)18/h3-5,11-12,16H,2,6-8H2,1H3,(H,17,18)/t11-,12-/m1/s1. The quantitative estimate of drug-likeness (QED) is 0.800. The van der Waals surface area contributed by atoms with E-state index in [0.29, 0.717) is 25.5 Å². The molecule has 0 amide bonds. The number of nitrogens with zero attached hydrogens (tertiary/aromatic N) is 2. The summed E-state index contributed by atoms with van der Waals surface area (Å²) in [5.41, 5.74) is 0.720. The maximum Gasteiger partial charge on any atom is 0.354 e. The summed E-state index contributed by atoms with van der Waals surface area (Å²) in [6, 6.07) is 4.88. The molecule has 0 aromatic carbocycles. The lowest BCUT2D eigenvalue weighted by molar-refractivity contribution is 0.0686. The summed E-state index contributed by atoms with van der Waals surface area (Å²) < 4.78 is 5.25. The molecule has 0 bridgehead atoms. The number of aromatic carboxylic acids is 1. The molecule has 1 aliphatic heterocycles. The van der Waals surface area contributed by atoms with E-state index in [-0.39, 0.29) is 11.7 Å². The molecule has 0 saturated carbocycles. The first-order valence-corrected chi connectivity index (χ1v) is 6.31. The highest BCUT2D eigenvalue weighted by Gasteiger charge is 2.31. The van der Waals surface area contributed by atoms with Crippen LogP contribution in [0.5, 0.6) is 0 Å². The summed E-state index contributed by atoms with van der Waals surface area (Å²) in [4.78, 5) is 17.0. The highest BCUT2D eigenvalue weighted by atomic mass is 16.5. The van der Waals surface area contributed by atoms with Gasteiger partial charge in [0.15, 0.2) is 0 Å². The van der Waals surface area contributed by atoms with E-state index in [2.05, 4.69) is 4.98 Å². The lowest BCUT2D eigenvalue weighted by Gasteiger charge is -2.28. The fourth-order valence-electron chi connectivity index (χ4n) is 2.24. The van der Waals surface area contributed by atoms with E-state index in [1.54, 1.807) is 12.1 Å². The van der Waals surface area contributed by atoms with E-state index in [1.165, 1.54) is 6.07 Å². The fraction of sp³-hybridized carbons (Fsp3) is 0.538. The van der Waals surface area contributed by atoms with Crippen LogP contribution in [0.3, 0.4) is 0 Å². The molecule has 2 atom stereocenters. The fourth-order valence-corrected chi connectivity index (χ4v) is 2.24. The minimum atomic E-state index is -1.03. The first kappa shape index (κ1) is 13.9. The van der Waals surface area contributed by atoms with Gasteiger partial charge >= 0.3 is 5.97 Å². The predicted octanol–water partition coefficient (Wildman–Crippen LogP) is 0.361. The number of aromatic nitrogens is 1. The van der Waals surface area contributed by atoms with Crippen LogP contribution in [0.2, 0.25) is 0 Å². The Morgan fingerprint density at radius 2 is 2.32 bits per heavy atom. The number of aliphatic hydroxyl groups excluding tert-OH is 1. The van der Waals surface area contributed by atoms with Gasteiger partial charge in [0.25, 0.3) is 0 Å². The van der Waals surface area contributed by atoms with Crippen LogP contribution in [-0.4, -0.2) is 58.0 Å². The Labute approximate surface area is 111 Å². The molecule has 0 aliphatic carbocycles. The molecule has 6 nitrogen and oxygen atoms in total. The number of carboxylic acids is 1. The van der Waals surface area contributed by atoms with Crippen LogP contribution >= 0.6 is 0 Å². The predicted molar refractivity (Wildman–Crippen MR) is 67.9 cm³/mol. The number of ether oxygens (including phenoxy) is 1. The molecular weight excluding hydrogens is 248 g/mol. The topological polar surface area (TPSA) is 82.9 Å². The summed E-state index contributed by atoms with van der Waals surface area (Å²) in [5, 5.41) is 18.7. The summed E-state index contributed by atoms with van der Waals surface area (Å²) >= 11 is 0. The summed E-state index contributed by atoms with van der Waals surface area (Å²) in [6.45, 7) is 4.08. The smallest absolute Gasteiger partial charge is 0.354 e. The highest BCUT2D eigenvalue weighted by Crippen LogP contribution is 2.15. The second-order valence-electron chi connectivity index (χ2n) is 4.55. The van der Waals surface area contributed by atoms with E-state index in [9.17, 15) is 9.90 Å². The summed E-state index contributed by atoms with van der Waals surface area (Å²) in [7, 11) is 0. The van der Waals surface area contributed by atoms with Crippen molar-refractivity contribution in [2.75, 3.05) is 19.8 Å². The van der Waals surface area contributed by atoms with E-state index >= 15 is 0 Å². The average molecular weight is 266 g/mol. The van der Waals surface area contributed by atoms with Crippen molar-refractivity contribution in [3.8, 4) is 0 Å². The van der Waals surface area contributed by atoms with Crippen LogP contribution < -0.4 is 0 Å². The summed E-state index contributed by atoms with van der Waals surface area (Å²) in [6.07, 6.45) is -0.498. The molecule has 19 heavy (non-hydrogen) atoms. The molecule has 0 unspecified atom stereocenters. The van der Waals surface area contributed by atoms with Gasteiger partial charge in [0.1, 0.15) is 5.69 Å². The minimum Gasteiger partial charge on any atom is -0.477 e. The van der Waals surface area contributed by atoms with Crippen molar-refractivity contribution < 1.29 is 19.7 Å². The van der Waals surface area contributed by atoms with Crippen molar-refractivity contribution >= 4 is 5.97 Å². The van der Waals surface area contributed by atoms with Crippen molar-refractivity contribution in [2.45, 2.75) is 25.6 Å². The molecule has 1 fully saturated rings. The van der Waals surface area contributed by atoms with Gasteiger partial charge in [-0.1, -0.05) is 13.0 Å². The number of hydrogen-bond donors (Lipinski definition) is 2. The molecular formula is C13H18N2O4. The minimum absolute atomic E-state index is 0.0387. The lowest BCUT2D eigenvalue weighted by atomic mass is 10.1. The second kappa shape index (κ2) is 6.10. The molecule has 1 aliphatic rings. The number of hydrogen-bond acceptors (Lipinski definition) is 5. The van der Waals surface area contributed by atoms with Gasteiger partial charge in [-0.15, -0.1) is 0 Å². The zero-order valence-corrected chi connectivity index (χ0v) is 10.8. The van der Waals surface area contributed by atoms with Gasteiger partial charge in [-0.2, -0.15) is 0 Å². The third-order valence-electron chi connectivity index (χ3n) is 3.29. The van der Waals surface area contributed by atoms with Crippen LogP contribution in [0.25, 0.3) is 0 Å². The molecule has 6 heteroatoms. The monoisotopic (exact) mass is 266 g/mol. The van der Waals surface area contributed by atoms with Gasteiger partial charge < -0.3 is 14.9 Å². The Morgan fingerprint density at radius 1 is 1.53 bits per heavy atom. The summed E-state index contributed by atoms with van der Waals surface area (Å²) in [5.74, 6) is -1.03. The molecule has 2 rings (SSSR count). The van der Waals surface area contributed by atoms with Gasteiger partial charge in [-0.05, 0) is 18.7 Å². The van der Waals surface area contributed by atoms with Gasteiger partial charge in [0.05, 0.1) is 31.1 Å². The number of likely N-dealkylation sites (N-methyl/N-ethyl adjacent to an activating group) is 1. The van der Waals surface area contributed by atoms with E-state index < -0.39 is 12.1 Å². The van der Waals surface area contributed by atoms with Crippen molar-refractivity contribution in [2.24, 2.45) is 0 Å². The molecule has 1 aromatic rings. The third-order valence-corrected chi connectivity index (χ3v) is 3.29. The zero-order valence-electron chi connectivity index (χ0n) is 10.8. The van der Waals surface area contributed by atoms with Gasteiger partial charge in [0.2, 0.25) is 0 Å². The van der Waals surface area contributed by atoms with Crippen LogP contribution in [-0.2, 0) is 11.3 Å². The number of pyridine rings is 1. The average Bonchev–Trinajstić information content (AvgIpc) is 2.82.